The minimum Gasteiger partial charge on any atom is -0.456 e. The lowest BCUT2D eigenvalue weighted by molar-refractivity contribution is 0.669. The summed E-state index contributed by atoms with van der Waals surface area (Å²) in [6, 6.07) is -29.1. The summed E-state index contributed by atoms with van der Waals surface area (Å²) in [5.41, 5.74) is -6.24. The van der Waals surface area contributed by atoms with E-state index >= 15 is 0 Å². The molecule has 0 radical (unpaired) electrons. The largest absolute Gasteiger partial charge is 0.456 e. The van der Waals surface area contributed by atoms with Crippen molar-refractivity contribution in [3.05, 3.63) is 181 Å². The third-order valence-electron chi connectivity index (χ3n) is 8.64. The first-order valence-corrected chi connectivity index (χ1v) is 15.2. The quantitative estimate of drug-likeness (QED) is 0.170. The second-order valence-electron chi connectivity index (χ2n) is 11.3. The van der Waals surface area contributed by atoms with E-state index in [4.69, 9.17) is 27.7 Å². The first kappa shape index (κ1) is 11.7. The lowest BCUT2D eigenvalue weighted by Crippen LogP contribution is -1.93. The van der Waals surface area contributed by atoms with Gasteiger partial charge < -0.3 is 4.42 Å². The van der Waals surface area contributed by atoms with E-state index in [-0.39, 0.29) is 0 Å². The lowest BCUT2D eigenvalue weighted by atomic mass is 9.82. The fourth-order valence-corrected chi connectivity index (χ4v) is 6.55. The standard InChI is InChI=1S/C50H30O/c1-3-17-35-31(12-1)14-9-24-38(35)48-39-19-5-7-21-41(39)49(42-22-8-6-20-40(42)48)43-25-11-16-33-15-10-23-37(47(33)43)34-27-28-45-44(30-34)50-36-18-4-2-13-32(36)26-29-46(50)51-45/h1-30H/i1D,2D,3D,4D,5D,6D,7D,8D,9D,10D,11D,12D,13D,14D,15D,16D,17D,18D,19D,20D,21D,22D,23D,24D,25D,26D,27D,28D,29D,30D. The fourth-order valence-electron chi connectivity index (χ4n) is 6.55. The highest BCUT2D eigenvalue weighted by Gasteiger charge is 2.21. The van der Waals surface area contributed by atoms with Crippen molar-refractivity contribution >= 4 is 75.8 Å². The third kappa shape index (κ3) is 4.16. The zero-order chi connectivity index (χ0) is 59.6. The third-order valence-corrected chi connectivity index (χ3v) is 8.64. The molecule has 1 heteroatoms. The van der Waals surface area contributed by atoms with Crippen LogP contribution in [0, 0.1) is 0 Å². The number of hydrogen-bond donors (Lipinski definition) is 0. The topological polar surface area (TPSA) is 13.1 Å². The van der Waals surface area contributed by atoms with Crippen molar-refractivity contribution in [2.45, 2.75) is 0 Å². The van der Waals surface area contributed by atoms with Gasteiger partial charge in [-0.1, -0.05) is 163 Å². The van der Waals surface area contributed by atoms with Crippen LogP contribution in [0.15, 0.2) is 186 Å². The van der Waals surface area contributed by atoms with Crippen LogP contribution in [0.2, 0.25) is 0 Å². The van der Waals surface area contributed by atoms with Crippen LogP contribution < -0.4 is 0 Å². The van der Waals surface area contributed by atoms with Gasteiger partial charge in [0.05, 0.1) is 41.1 Å². The summed E-state index contributed by atoms with van der Waals surface area (Å²) in [6.07, 6.45) is 0. The summed E-state index contributed by atoms with van der Waals surface area (Å²) in [5, 5.41) is -8.26. The summed E-state index contributed by atoms with van der Waals surface area (Å²) in [5.74, 6) is 0. The molecule has 11 rings (SSSR count). The van der Waals surface area contributed by atoms with Gasteiger partial charge in [0.15, 0.2) is 0 Å². The van der Waals surface area contributed by atoms with E-state index in [9.17, 15) is 17.8 Å². The number of hydrogen-bond acceptors (Lipinski definition) is 1. The summed E-state index contributed by atoms with van der Waals surface area (Å²) in [7, 11) is 0. The smallest absolute Gasteiger partial charge is 0.136 e. The van der Waals surface area contributed by atoms with Gasteiger partial charge in [-0.15, -0.1) is 0 Å². The molecule has 236 valence electrons. The Kier molecular flexibility index (Phi) is 2.50. The van der Waals surface area contributed by atoms with Gasteiger partial charge in [-0.05, 0) is 105 Å². The van der Waals surface area contributed by atoms with E-state index < -0.39 is 290 Å². The van der Waals surface area contributed by atoms with Crippen molar-refractivity contribution in [1.82, 2.24) is 0 Å². The van der Waals surface area contributed by atoms with E-state index in [2.05, 4.69) is 0 Å². The SMILES string of the molecule is [2H]c1c(-c2c([2H])c([2H])c([2H])c3c([2H])c([2H])c([2H])c(-c4c5c([2H])c([2H])c([2H])c([2H])c5c(-c5c([2H])c([2H])c([2H])c6c([2H])c([2H])c([2H])c([2H])c56)c5c([2H])c([2H])c([2H])c([2H])c45)c23)c([2H])c2c(oc3c([2H])c([2H])c4c([2H])c([2H])c([2H])c([2H])c4c32)c1[2H]. The molecule has 0 N–H and O–H groups in total. The van der Waals surface area contributed by atoms with E-state index in [0.29, 0.717) is 0 Å². The van der Waals surface area contributed by atoms with Crippen LogP contribution in [-0.2, 0) is 0 Å². The summed E-state index contributed by atoms with van der Waals surface area (Å²) in [6.45, 7) is 0. The molecular weight excluding hydrogens is 617 g/mol. The van der Waals surface area contributed by atoms with Crippen molar-refractivity contribution in [1.29, 1.82) is 0 Å². The average molecular weight is 677 g/mol. The van der Waals surface area contributed by atoms with Crippen molar-refractivity contribution in [2.24, 2.45) is 0 Å². The van der Waals surface area contributed by atoms with Crippen molar-refractivity contribution < 1.29 is 45.5 Å². The Morgan fingerprint density at radius 2 is 0.804 bits per heavy atom. The number of rotatable bonds is 3. The average Bonchev–Trinajstić information content (AvgIpc) is 4.08. The van der Waals surface area contributed by atoms with Crippen LogP contribution in [-0.4, -0.2) is 0 Å². The maximum Gasteiger partial charge on any atom is 0.136 e. The predicted molar refractivity (Wildman–Crippen MR) is 218 cm³/mol. The van der Waals surface area contributed by atoms with Crippen LogP contribution in [0.25, 0.3) is 109 Å². The van der Waals surface area contributed by atoms with E-state index in [1.165, 1.54) is 0 Å². The Morgan fingerprint density at radius 3 is 1.49 bits per heavy atom. The van der Waals surface area contributed by atoms with Crippen LogP contribution >= 0.6 is 0 Å². The molecule has 0 fully saturated rings. The Hall–Kier alpha value is -6.70. The van der Waals surface area contributed by atoms with Crippen molar-refractivity contribution in [3.8, 4) is 33.4 Å². The molecule has 0 aliphatic heterocycles. The highest BCUT2D eigenvalue weighted by atomic mass is 16.3. The first-order valence-electron chi connectivity index (χ1n) is 30.2. The van der Waals surface area contributed by atoms with Gasteiger partial charge in [0.25, 0.3) is 0 Å². The van der Waals surface area contributed by atoms with Gasteiger partial charge in [-0.25, -0.2) is 0 Å². The van der Waals surface area contributed by atoms with Gasteiger partial charge >= 0.3 is 0 Å². The first-order chi connectivity index (χ1) is 37.8. The molecule has 0 saturated carbocycles. The molecule has 1 aromatic heterocycles. The Balaban J connectivity index is 1.49. The molecule has 0 spiro atoms. The number of benzene rings is 10. The Bertz CT molecular complexity index is 4830. The van der Waals surface area contributed by atoms with Crippen molar-refractivity contribution in [3.63, 3.8) is 0 Å². The van der Waals surface area contributed by atoms with E-state index in [1.807, 2.05) is 0 Å². The van der Waals surface area contributed by atoms with Crippen LogP contribution in [0.1, 0.15) is 41.1 Å². The molecule has 10 aromatic carbocycles. The Labute approximate surface area is 336 Å². The second kappa shape index (κ2) is 10.9. The summed E-state index contributed by atoms with van der Waals surface area (Å²) in [4.78, 5) is 0. The lowest BCUT2D eigenvalue weighted by Gasteiger charge is -2.20. The zero-order valence-electron chi connectivity index (χ0n) is 55.4. The molecule has 0 saturated heterocycles. The molecule has 0 amide bonds. The molecule has 51 heavy (non-hydrogen) atoms. The Morgan fingerprint density at radius 1 is 0.314 bits per heavy atom. The molecule has 0 atom stereocenters. The van der Waals surface area contributed by atoms with E-state index in [1.54, 1.807) is 0 Å². The molecule has 1 nitrogen and oxygen atoms in total. The highest BCUT2D eigenvalue weighted by Crippen LogP contribution is 2.48. The van der Waals surface area contributed by atoms with Crippen molar-refractivity contribution in [2.75, 3.05) is 0 Å². The van der Waals surface area contributed by atoms with Gasteiger partial charge in [-0.2, -0.15) is 0 Å². The minimum absolute atomic E-state index is 0.442. The van der Waals surface area contributed by atoms with E-state index in [0.717, 1.165) is 0 Å². The molecular formula is C50H30O. The summed E-state index contributed by atoms with van der Waals surface area (Å²) < 4.78 is 280. The minimum atomic E-state index is -1.13. The summed E-state index contributed by atoms with van der Waals surface area (Å²) >= 11 is 0. The van der Waals surface area contributed by atoms with Gasteiger partial charge in [0.2, 0.25) is 0 Å². The van der Waals surface area contributed by atoms with Gasteiger partial charge in [0.1, 0.15) is 11.2 Å². The highest BCUT2D eigenvalue weighted by molar-refractivity contribution is 6.26. The van der Waals surface area contributed by atoms with Gasteiger partial charge in [-0.3, -0.25) is 0 Å². The van der Waals surface area contributed by atoms with Gasteiger partial charge in [0, 0.05) is 10.8 Å². The monoisotopic (exact) mass is 676 g/mol. The number of fused-ring (bicyclic) bond motifs is 9. The molecule has 1 heterocycles. The fraction of sp³-hybridized carbons (Fsp3) is 0. The molecule has 0 bridgehead atoms. The maximum atomic E-state index is 9.96. The predicted octanol–water partition coefficient (Wildman–Crippen LogP) is 14.4. The number of furan rings is 1. The molecule has 0 unspecified atom stereocenters. The van der Waals surface area contributed by atoms with Crippen LogP contribution in [0.3, 0.4) is 0 Å². The molecule has 0 aliphatic carbocycles. The normalized spacial score (nSPS) is 20.2. The van der Waals surface area contributed by atoms with Crippen LogP contribution in [0.4, 0.5) is 0 Å². The second-order valence-corrected chi connectivity index (χ2v) is 11.3. The molecule has 11 aromatic rings. The molecule has 0 aliphatic rings. The maximum absolute atomic E-state index is 9.96. The van der Waals surface area contributed by atoms with Crippen LogP contribution in [0.5, 0.6) is 0 Å². The zero-order valence-corrected chi connectivity index (χ0v) is 25.4.